The SMILES string of the molecule is CC(C)CNCc1cccc(F)c1-n1ccc(C(N)=O)n1. The highest BCUT2D eigenvalue weighted by Crippen LogP contribution is 2.18. The number of nitrogens with one attached hydrogen (secondary N) is 1. The van der Waals surface area contributed by atoms with Crippen LogP contribution >= 0.6 is 0 Å². The van der Waals surface area contributed by atoms with Crippen molar-refractivity contribution in [2.24, 2.45) is 11.7 Å². The standard InChI is InChI=1S/C15H19FN4O/c1-10(2)8-18-9-11-4-3-5-12(16)14(11)20-7-6-13(19-20)15(17)21/h3-7,10,18H,8-9H2,1-2H3,(H2,17,21). The summed E-state index contributed by atoms with van der Waals surface area (Å²) in [5.74, 6) is -0.518. The Morgan fingerprint density at radius 3 is 2.81 bits per heavy atom. The van der Waals surface area contributed by atoms with Crippen LogP contribution in [-0.4, -0.2) is 22.2 Å². The largest absolute Gasteiger partial charge is 0.364 e. The monoisotopic (exact) mass is 290 g/mol. The second-order valence-corrected chi connectivity index (χ2v) is 5.28. The number of nitrogens with two attached hydrogens (primary N) is 1. The number of hydrogen-bond acceptors (Lipinski definition) is 3. The van der Waals surface area contributed by atoms with Gasteiger partial charge in [-0.3, -0.25) is 4.79 Å². The van der Waals surface area contributed by atoms with Crippen LogP contribution in [0.1, 0.15) is 29.9 Å². The summed E-state index contributed by atoms with van der Waals surface area (Å²) in [5.41, 5.74) is 6.39. The first-order chi connectivity index (χ1) is 9.99. The molecule has 0 aliphatic carbocycles. The van der Waals surface area contributed by atoms with Crippen LogP contribution in [0.15, 0.2) is 30.5 Å². The summed E-state index contributed by atoms with van der Waals surface area (Å²) in [5, 5.41) is 7.29. The summed E-state index contributed by atoms with van der Waals surface area (Å²) >= 11 is 0. The van der Waals surface area contributed by atoms with Crippen LogP contribution in [0.5, 0.6) is 0 Å². The van der Waals surface area contributed by atoms with E-state index in [1.807, 2.05) is 6.07 Å². The number of para-hydroxylation sites is 1. The van der Waals surface area contributed by atoms with Crippen molar-refractivity contribution in [1.82, 2.24) is 15.1 Å². The summed E-state index contributed by atoms with van der Waals surface area (Å²) in [6, 6.07) is 6.33. The third-order valence-corrected chi connectivity index (χ3v) is 3.01. The molecule has 1 heterocycles. The topological polar surface area (TPSA) is 72.9 Å². The lowest BCUT2D eigenvalue weighted by molar-refractivity contribution is 0.0995. The number of rotatable bonds is 6. The minimum absolute atomic E-state index is 0.111. The Bertz CT molecular complexity index is 636. The molecule has 0 fully saturated rings. The van der Waals surface area contributed by atoms with Gasteiger partial charge in [-0.1, -0.05) is 26.0 Å². The molecule has 2 aromatic rings. The smallest absolute Gasteiger partial charge is 0.269 e. The van der Waals surface area contributed by atoms with Gasteiger partial charge in [-0.25, -0.2) is 9.07 Å². The summed E-state index contributed by atoms with van der Waals surface area (Å²) in [4.78, 5) is 11.1. The maximum absolute atomic E-state index is 14.1. The molecule has 0 saturated carbocycles. The van der Waals surface area contributed by atoms with Gasteiger partial charge in [0.05, 0.1) is 0 Å². The number of carbonyl (C=O) groups is 1. The molecular weight excluding hydrogens is 271 g/mol. The second-order valence-electron chi connectivity index (χ2n) is 5.28. The molecule has 1 amide bonds. The van der Waals surface area contributed by atoms with Gasteiger partial charge >= 0.3 is 0 Å². The first-order valence-corrected chi connectivity index (χ1v) is 6.83. The Morgan fingerprint density at radius 2 is 2.19 bits per heavy atom. The van der Waals surface area contributed by atoms with E-state index < -0.39 is 11.7 Å². The van der Waals surface area contributed by atoms with Crippen LogP contribution < -0.4 is 11.1 Å². The van der Waals surface area contributed by atoms with Gasteiger partial charge in [0, 0.05) is 12.7 Å². The molecule has 0 spiro atoms. The third-order valence-electron chi connectivity index (χ3n) is 3.01. The second kappa shape index (κ2) is 6.49. The number of nitrogens with zero attached hydrogens (tertiary/aromatic N) is 2. The van der Waals surface area contributed by atoms with Gasteiger partial charge in [-0.2, -0.15) is 5.10 Å². The molecular formula is C15H19FN4O. The zero-order chi connectivity index (χ0) is 15.4. The third kappa shape index (κ3) is 3.66. The first-order valence-electron chi connectivity index (χ1n) is 6.83. The predicted molar refractivity (Wildman–Crippen MR) is 78.6 cm³/mol. The van der Waals surface area contributed by atoms with Crippen molar-refractivity contribution in [2.75, 3.05) is 6.54 Å². The highest BCUT2D eigenvalue weighted by atomic mass is 19.1. The Morgan fingerprint density at radius 1 is 1.43 bits per heavy atom. The van der Waals surface area contributed by atoms with Crippen molar-refractivity contribution in [2.45, 2.75) is 20.4 Å². The van der Waals surface area contributed by atoms with E-state index in [1.165, 1.54) is 23.0 Å². The summed E-state index contributed by atoms with van der Waals surface area (Å²) in [7, 11) is 0. The van der Waals surface area contributed by atoms with Crippen LogP contribution in [0.25, 0.3) is 5.69 Å². The molecule has 0 atom stereocenters. The van der Waals surface area contributed by atoms with Gasteiger partial charge in [0.2, 0.25) is 0 Å². The van der Waals surface area contributed by atoms with Crippen LogP contribution in [0.4, 0.5) is 4.39 Å². The fraction of sp³-hybridized carbons (Fsp3) is 0.333. The van der Waals surface area contributed by atoms with Crippen LogP contribution in [0.3, 0.4) is 0 Å². The number of amides is 1. The van der Waals surface area contributed by atoms with Gasteiger partial charge in [0.15, 0.2) is 0 Å². The van der Waals surface area contributed by atoms with Crippen LogP contribution in [0.2, 0.25) is 0 Å². The fourth-order valence-electron chi connectivity index (χ4n) is 2.03. The molecule has 0 aliphatic rings. The maximum atomic E-state index is 14.1. The van der Waals surface area contributed by atoms with E-state index >= 15 is 0 Å². The highest BCUT2D eigenvalue weighted by molar-refractivity contribution is 5.90. The Hall–Kier alpha value is -2.21. The number of hydrogen-bond donors (Lipinski definition) is 2. The Labute approximate surface area is 123 Å². The van der Waals surface area contributed by atoms with Gasteiger partial charge in [0.1, 0.15) is 17.2 Å². The normalized spacial score (nSPS) is 11.0. The number of carbonyl (C=O) groups excluding carboxylic acids is 1. The Balaban J connectivity index is 2.30. The molecule has 1 aromatic carbocycles. The predicted octanol–water partition coefficient (Wildman–Crippen LogP) is 1.86. The summed E-state index contributed by atoms with van der Waals surface area (Å²) < 4.78 is 15.5. The van der Waals surface area contributed by atoms with Gasteiger partial charge in [0.25, 0.3) is 5.91 Å². The van der Waals surface area contributed by atoms with E-state index in [0.29, 0.717) is 18.2 Å². The van der Waals surface area contributed by atoms with Crippen LogP contribution in [0, 0.1) is 11.7 Å². The van der Waals surface area contributed by atoms with E-state index in [0.717, 1.165) is 12.1 Å². The maximum Gasteiger partial charge on any atom is 0.269 e. The molecule has 5 nitrogen and oxygen atoms in total. The van der Waals surface area contributed by atoms with Crippen molar-refractivity contribution >= 4 is 5.91 Å². The number of aromatic nitrogens is 2. The minimum atomic E-state index is -0.635. The quantitative estimate of drug-likeness (QED) is 0.853. The molecule has 6 heteroatoms. The van der Waals surface area contributed by atoms with E-state index in [9.17, 15) is 9.18 Å². The molecule has 1 aromatic heterocycles. The van der Waals surface area contributed by atoms with Crippen LogP contribution in [-0.2, 0) is 6.54 Å². The van der Waals surface area contributed by atoms with E-state index in [1.54, 1.807) is 6.07 Å². The van der Waals surface area contributed by atoms with Crippen molar-refractivity contribution in [3.8, 4) is 5.69 Å². The number of halogens is 1. The summed E-state index contributed by atoms with van der Waals surface area (Å²) in [6.07, 6.45) is 1.53. The lowest BCUT2D eigenvalue weighted by atomic mass is 10.1. The Kier molecular flexibility index (Phi) is 4.70. The van der Waals surface area contributed by atoms with Crippen molar-refractivity contribution < 1.29 is 9.18 Å². The molecule has 0 radical (unpaired) electrons. The van der Waals surface area contributed by atoms with E-state index in [2.05, 4.69) is 24.3 Å². The van der Waals surface area contributed by atoms with E-state index in [4.69, 9.17) is 5.73 Å². The van der Waals surface area contributed by atoms with Crippen molar-refractivity contribution in [3.63, 3.8) is 0 Å². The minimum Gasteiger partial charge on any atom is -0.364 e. The highest BCUT2D eigenvalue weighted by Gasteiger charge is 2.13. The lowest BCUT2D eigenvalue weighted by Crippen LogP contribution is -2.20. The average Bonchev–Trinajstić information content (AvgIpc) is 2.88. The number of primary amides is 1. The van der Waals surface area contributed by atoms with Gasteiger partial charge < -0.3 is 11.1 Å². The molecule has 3 N–H and O–H groups in total. The zero-order valence-corrected chi connectivity index (χ0v) is 12.1. The molecule has 0 unspecified atom stereocenters. The average molecular weight is 290 g/mol. The zero-order valence-electron chi connectivity index (χ0n) is 12.1. The summed E-state index contributed by atoms with van der Waals surface area (Å²) in [6.45, 7) is 5.57. The molecule has 0 saturated heterocycles. The molecule has 21 heavy (non-hydrogen) atoms. The van der Waals surface area contributed by atoms with Gasteiger partial charge in [-0.15, -0.1) is 0 Å². The molecule has 112 valence electrons. The molecule has 2 rings (SSSR count). The molecule has 0 bridgehead atoms. The number of benzene rings is 1. The molecule has 0 aliphatic heterocycles. The first kappa shape index (κ1) is 15.2. The lowest BCUT2D eigenvalue weighted by Gasteiger charge is -2.12. The van der Waals surface area contributed by atoms with E-state index in [-0.39, 0.29) is 5.69 Å². The van der Waals surface area contributed by atoms with Crippen molar-refractivity contribution in [3.05, 3.63) is 47.5 Å². The van der Waals surface area contributed by atoms with Crippen molar-refractivity contribution in [1.29, 1.82) is 0 Å². The van der Waals surface area contributed by atoms with Gasteiger partial charge in [-0.05, 0) is 30.2 Å². The fourth-order valence-corrected chi connectivity index (χ4v) is 2.03.